The lowest BCUT2D eigenvalue weighted by Crippen LogP contribution is -2.30. The van der Waals surface area contributed by atoms with Gasteiger partial charge in [0.05, 0.1) is 31.4 Å². The van der Waals surface area contributed by atoms with Crippen LogP contribution < -0.4 is 15.6 Å². The first-order valence-electron chi connectivity index (χ1n) is 10.4. The number of thiazole rings is 1. The maximum Gasteiger partial charge on any atom is 0.268 e. The maximum atomic E-state index is 13.6. The number of nitrogens with one attached hydrogen (secondary N) is 1. The molecule has 9 nitrogen and oxygen atoms in total. The zero-order chi connectivity index (χ0) is 23.5. The highest BCUT2D eigenvalue weighted by Crippen LogP contribution is 2.27. The van der Waals surface area contributed by atoms with E-state index in [1.807, 2.05) is 37.3 Å². The van der Waals surface area contributed by atoms with E-state index in [0.717, 1.165) is 11.4 Å². The summed E-state index contributed by atoms with van der Waals surface area (Å²) in [6.07, 6.45) is 0.0719. The average Bonchev–Trinajstić information content (AvgIpc) is 3.37. The number of aryl methyl sites for hydroxylation is 2. The number of benzene rings is 1. The molecule has 1 aromatic carbocycles. The topological polar surface area (TPSA) is 99.8 Å². The third-order valence-electron chi connectivity index (χ3n) is 5.25. The predicted octanol–water partition coefficient (Wildman–Crippen LogP) is 2.54. The molecule has 0 aliphatic carbocycles. The Kier molecular flexibility index (Phi) is 6.57. The fourth-order valence-electron chi connectivity index (χ4n) is 3.69. The molecule has 3 aromatic heterocycles. The lowest BCUT2D eigenvalue weighted by atomic mass is 10.1. The summed E-state index contributed by atoms with van der Waals surface area (Å²) in [7, 11) is 3.18. The Labute approximate surface area is 194 Å². The van der Waals surface area contributed by atoms with Gasteiger partial charge < -0.3 is 14.8 Å². The van der Waals surface area contributed by atoms with E-state index in [0.29, 0.717) is 46.5 Å². The van der Waals surface area contributed by atoms with Crippen molar-refractivity contribution in [2.75, 3.05) is 27.4 Å². The second kappa shape index (κ2) is 9.55. The highest BCUT2D eigenvalue weighted by molar-refractivity contribution is 7.15. The molecule has 0 saturated heterocycles. The Morgan fingerprint density at radius 2 is 2.00 bits per heavy atom. The van der Waals surface area contributed by atoms with Gasteiger partial charge in [-0.3, -0.25) is 14.0 Å². The van der Waals surface area contributed by atoms with Gasteiger partial charge >= 0.3 is 0 Å². The van der Waals surface area contributed by atoms with Crippen LogP contribution in [0.4, 0.5) is 0 Å². The van der Waals surface area contributed by atoms with Gasteiger partial charge in [0.15, 0.2) is 4.96 Å². The molecule has 0 radical (unpaired) electrons. The molecule has 0 aliphatic heterocycles. The Bertz CT molecular complexity index is 1370. The fourth-order valence-corrected chi connectivity index (χ4v) is 4.61. The number of carbonyl (C=O) groups is 1. The molecule has 1 N–H and O–H groups in total. The van der Waals surface area contributed by atoms with Crippen LogP contribution in [0.1, 0.15) is 17.1 Å². The summed E-state index contributed by atoms with van der Waals surface area (Å²) in [4.78, 5) is 31.0. The minimum Gasteiger partial charge on any atom is -0.494 e. The highest BCUT2D eigenvalue weighted by atomic mass is 32.1. The van der Waals surface area contributed by atoms with E-state index in [-0.39, 0.29) is 17.9 Å². The van der Waals surface area contributed by atoms with Crippen LogP contribution in [0.5, 0.6) is 5.75 Å². The standard InChI is InChI=1S/C23H25N5O4S/c1-14-11-17(26-28(14)18-7-5-6-8-19(18)32-4)21-15(2)25-23-27(22(21)30)16(13-33-23)12-20(29)24-9-10-31-3/h5-8,11,13H,9-10,12H2,1-4H3,(H,24,29). The van der Waals surface area contributed by atoms with Crippen molar-refractivity contribution >= 4 is 22.2 Å². The molecule has 1 amide bonds. The number of ether oxygens (including phenoxy) is 2. The molecule has 0 fully saturated rings. The van der Waals surface area contributed by atoms with E-state index in [2.05, 4.69) is 10.3 Å². The number of carbonyl (C=O) groups excluding carboxylic acids is 1. The number of fused-ring (bicyclic) bond motifs is 1. The summed E-state index contributed by atoms with van der Waals surface area (Å²) in [5, 5.41) is 9.28. The van der Waals surface area contributed by atoms with Crippen LogP contribution >= 0.6 is 11.3 Å². The van der Waals surface area contributed by atoms with Crippen LogP contribution in [0.15, 0.2) is 40.5 Å². The van der Waals surface area contributed by atoms with Gasteiger partial charge in [-0.1, -0.05) is 12.1 Å². The first-order valence-corrected chi connectivity index (χ1v) is 11.3. The Balaban J connectivity index is 1.76. The van der Waals surface area contributed by atoms with Gasteiger partial charge in [0, 0.05) is 30.4 Å². The number of nitrogens with zero attached hydrogens (tertiary/aromatic N) is 4. The first kappa shape index (κ1) is 22.7. The Morgan fingerprint density at radius 3 is 2.76 bits per heavy atom. The molecule has 0 saturated carbocycles. The smallest absolute Gasteiger partial charge is 0.268 e. The van der Waals surface area contributed by atoms with Crippen molar-refractivity contribution in [3.05, 3.63) is 63.1 Å². The monoisotopic (exact) mass is 467 g/mol. The summed E-state index contributed by atoms with van der Waals surface area (Å²) in [5.74, 6) is 0.494. The van der Waals surface area contributed by atoms with Gasteiger partial charge in [-0.05, 0) is 32.0 Å². The van der Waals surface area contributed by atoms with E-state index in [4.69, 9.17) is 14.6 Å². The van der Waals surface area contributed by atoms with Crippen LogP contribution in [0.3, 0.4) is 0 Å². The van der Waals surface area contributed by atoms with Crippen LogP contribution in [0, 0.1) is 13.8 Å². The molecule has 0 atom stereocenters. The lowest BCUT2D eigenvalue weighted by molar-refractivity contribution is -0.120. The number of methoxy groups -OCH3 is 2. The zero-order valence-electron chi connectivity index (χ0n) is 18.9. The normalized spacial score (nSPS) is 11.2. The van der Waals surface area contributed by atoms with Crippen LogP contribution in [-0.2, 0) is 16.0 Å². The zero-order valence-corrected chi connectivity index (χ0v) is 19.7. The minimum atomic E-state index is -0.247. The largest absolute Gasteiger partial charge is 0.494 e. The van der Waals surface area contributed by atoms with Crippen molar-refractivity contribution in [1.82, 2.24) is 24.5 Å². The maximum absolute atomic E-state index is 13.6. The number of aromatic nitrogens is 4. The number of rotatable bonds is 8. The highest BCUT2D eigenvalue weighted by Gasteiger charge is 2.20. The van der Waals surface area contributed by atoms with Gasteiger partial charge in [-0.15, -0.1) is 11.3 Å². The molecule has 0 aliphatic rings. The third-order valence-corrected chi connectivity index (χ3v) is 6.12. The number of hydrogen-bond acceptors (Lipinski definition) is 7. The van der Waals surface area contributed by atoms with E-state index >= 15 is 0 Å². The molecule has 4 aromatic rings. The summed E-state index contributed by atoms with van der Waals surface area (Å²) in [6, 6.07) is 9.41. The molecule has 172 valence electrons. The van der Waals surface area contributed by atoms with Crippen molar-refractivity contribution in [3.8, 4) is 22.7 Å². The Morgan fingerprint density at radius 1 is 1.21 bits per heavy atom. The molecule has 10 heteroatoms. The summed E-state index contributed by atoms with van der Waals surface area (Å²) >= 11 is 1.33. The van der Waals surface area contributed by atoms with Crippen molar-refractivity contribution < 1.29 is 14.3 Å². The summed E-state index contributed by atoms with van der Waals surface area (Å²) in [5.41, 5.74) is 3.48. The molecule has 0 spiro atoms. The van der Waals surface area contributed by atoms with E-state index in [1.54, 1.807) is 31.2 Å². The predicted molar refractivity (Wildman–Crippen MR) is 127 cm³/mol. The fraction of sp³-hybridized carbons (Fsp3) is 0.304. The number of hydrogen-bond donors (Lipinski definition) is 1. The van der Waals surface area contributed by atoms with Crippen molar-refractivity contribution in [3.63, 3.8) is 0 Å². The minimum absolute atomic E-state index is 0.0719. The van der Waals surface area contributed by atoms with Gasteiger partial charge in [0.2, 0.25) is 5.91 Å². The summed E-state index contributed by atoms with van der Waals surface area (Å²) in [6.45, 7) is 4.55. The van der Waals surface area contributed by atoms with E-state index in [1.165, 1.54) is 15.7 Å². The molecule has 0 bridgehead atoms. The number of para-hydroxylation sites is 2. The SMILES string of the molecule is COCCNC(=O)Cc1csc2nc(C)c(-c3cc(C)n(-c4ccccc4OC)n3)c(=O)n12. The second-order valence-electron chi connectivity index (χ2n) is 7.50. The van der Waals surface area contributed by atoms with Crippen molar-refractivity contribution in [2.24, 2.45) is 0 Å². The van der Waals surface area contributed by atoms with Gasteiger partial charge in [0.1, 0.15) is 17.1 Å². The van der Waals surface area contributed by atoms with Crippen molar-refractivity contribution in [2.45, 2.75) is 20.3 Å². The average molecular weight is 468 g/mol. The first-order chi connectivity index (χ1) is 15.9. The molecule has 3 heterocycles. The Hall–Kier alpha value is -3.50. The van der Waals surface area contributed by atoms with E-state index in [9.17, 15) is 9.59 Å². The second-order valence-corrected chi connectivity index (χ2v) is 8.33. The van der Waals surface area contributed by atoms with Crippen LogP contribution in [-0.4, -0.2) is 52.4 Å². The van der Waals surface area contributed by atoms with Gasteiger partial charge in [0.25, 0.3) is 5.56 Å². The van der Waals surface area contributed by atoms with Crippen molar-refractivity contribution in [1.29, 1.82) is 0 Å². The molecule has 4 rings (SSSR count). The number of amides is 1. The molecular formula is C23H25N5O4S. The van der Waals surface area contributed by atoms with Crippen LogP contribution in [0.25, 0.3) is 21.9 Å². The molecule has 0 unspecified atom stereocenters. The molecule has 33 heavy (non-hydrogen) atoms. The lowest BCUT2D eigenvalue weighted by Gasteiger charge is -2.09. The quantitative estimate of drug-likeness (QED) is 0.400. The van der Waals surface area contributed by atoms with E-state index < -0.39 is 0 Å². The van der Waals surface area contributed by atoms with Gasteiger partial charge in [-0.2, -0.15) is 5.10 Å². The van der Waals surface area contributed by atoms with Crippen LogP contribution in [0.2, 0.25) is 0 Å². The van der Waals surface area contributed by atoms with Gasteiger partial charge in [-0.25, -0.2) is 9.67 Å². The summed E-state index contributed by atoms with van der Waals surface area (Å²) < 4.78 is 13.7. The third kappa shape index (κ3) is 4.39. The molecular weight excluding hydrogens is 442 g/mol.